The van der Waals surface area contributed by atoms with Gasteiger partial charge in [0.2, 0.25) is 5.91 Å². The summed E-state index contributed by atoms with van der Waals surface area (Å²) in [6.45, 7) is 4.12. The minimum Gasteiger partial charge on any atom is -0.487 e. The first kappa shape index (κ1) is 26.2. The van der Waals surface area contributed by atoms with Crippen LogP contribution >= 0.6 is 0 Å². The maximum atomic E-state index is 13.3. The van der Waals surface area contributed by atoms with E-state index in [9.17, 15) is 9.59 Å². The molecule has 0 bridgehead atoms. The smallest absolute Gasteiger partial charge is 0.251 e. The van der Waals surface area contributed by atoms with Gasteiger partial charge in [-0.05, 0) is 80.8 Å². The minimum absolute atomic E-state index is 0.0397. The molecule has 2 aliphatic heterocycles. The van der Waals surface area contributed by atoms with Gasteiger partial charge in [0.15, 0.2) is 5.96 Å². The van der Waals surface area contributed by atoms with Crippen LogP contribution in [0, 0.1) is 0 Å². The Bertz CT molecular complexity index is 1250. The SMILES string of the molecule is COC1Cc2ccc(C(=O)NC3CC(C)(C)Oc4ccc(CCCCC5CC(=O)NC(N)=N5)cc43)cc2C1. The summed E-state index contributed by atoms with van der Waals surface area (Å²) >= 11 is 0. The van der Waals surface area contributed by atoms with E-state index in [2.05, 4.69) is 47.7 Å². The molecule has 0 spiro atoms. The number of carbonyl (C=O) groups excluding carboxylic acids is 2. The monoisotopic (exact) mass is 518 g/mol. The topological polar surface area (TPSA) is 115 Å². The van der Waals surface area contributed by atoms with Crippen LogP contribution in [0.3, 0.4) is 0 Å². The van der Waals surface area contributed by atoms with Crippen LogP contribution in [0.15, 0.2) is 41.4 Å². The van der Waals surface area contributed by atoms with E-state index in [0.717, 1.165) is 49.8 Å². The number of benzene rings is 2. The Labute approximate surface area is 224 Å². The summed E-state index contributed by atoms with van der Waals surface area (Å²) in [7, 11) is 1.74. The number of hydrogen-bond donors (Lipinski definition) is 3. The number of fused-ring (bicyclic) bond motifs is 2. The number of nitrogens with one attached hydrogen (secondary N) is 2. The molecule has 3 aliphatic rings. The van der Waals surface area contributed by atoms with Crippen molar-refractivity contribution in [3.63, 3.8) is 0 Å². The molecule has 0 aromatic heterocycles. The van der Waals surface area contributed by atoms with Crippen LogP contribution < -0.4 is 21.1 Å². The van der Waals surface area contributed by atoms with E-state index in [1.807, 2.05) is 18.2 Å². The Kier molecular flexibility index (Phi) is 7.43. The lowest BCUT2D eigenvalue weighted by Crippen LogP contribution is -2.43. The summed E-state index contributed by atoms with van der Waals surface area (Å²) in [6.07, 6.45) is 6.69. The number of aliphatic imine (C=N–C) groups is 1. The van der Waals surface area contributed by atoms with Gasteiger partial charge in [-0.3, -0.25) is 14.9 Å². The lowest BCUT2D eigenvalue weighted by molar-refractivity contribution is -0.120. The first-order valence-electron chi connectivity index (χ1n) is 13.6. The molecule has 2 amide bonds. The van der Waals surface area contributed by atoms with E-state index < -0.39 is 0 Å². The molecule has 0 radical (unpaired) electrons. The van der Waals surface area contributed by atoms with E-state index in [4.69, 9.17) is 15.2 Å². The number of unbranched alkanes of at least 4 members (excludes halogenated alkanes) is 1. The van der Waals surface area contributed by atoms with E-state index in [-0.39, 0.29) is 41.6 Å². The number of rotatable bonds is 8. The molecule has 3 atom stereocenters. The largest absolute Gasteiger partial charge is 0.487 e. The van der Waals surface area contributed by atoms with Crippen LogP contribution in [0.2, 0.25) is 0 Å². The van der Waals surface area contributed by atoms with Gasteiger partial charge in [0, 0.05) is 31.1 Å². The van der Waals surface area contributed by atoms with Crippen LogP contribution in [-0.4, -0.2) is 42.6 Å². The lowest BCUT2D eigenvalue weighted by Gasteiger charge is -2.38. The zero-order chi connectivity index (χ0) is 26.9. The highest BCUT2D eigenvalue weighted by atomic mass is 16.5. The van der Waals surface area contributed by atoms with Gasteiger partial charge in [0.05, 0.1) is 18.2 Å². The number of carbonyl (C=O) groups is 2. The van der Waals surface area contributed by atoms with Gasteiger partial charge < -0.3 is 20.5 Å². The Morgan fingerprint density at radius 3 is 2.76 bits per heavy atom. The second-order valence-electron chi connectivity index (χ2n) is 11.4. The second kappa shape index (κ2) is 10.8. The molecule has 38 heavy (non-hydrogen) atoms. The van der Waals surface area contributed by atoms with Gasteiger partial charge in [-0.25, -0.2) is 4.99 Å². The average molecular weight is 519 g/mol. The molecule has 0 fully saturated rings. The third-order valence-electron chi connectivity index (χ3n) is 7.80. The quantitative estimate of drug-likeness (QED) is 0.461. The maximum absolute atomic E-state index is 13.3. The number of amides is 2. The molecular formula is C30H38N4O4. The first-order chi connectivity index (χ1) is 18.2. The Hall–Kier alpha value is -3.39. The molecule has 3 unspecified atom stereocenters. The Balaban J connectivity index is 1.24. The normalized spacial score (nSPS) is 23.5. The van der Waals surface area contributed by atoms with Crippen molar-refractivity contribution in [2.45, 2.75) is 89.0 Å². The maximum Gasteiger partial charge on any atom is 0.251 e. The fourth-order valence-electron chi connectivity index (χ4n) is 5.87. The molecule has 8 heteroatoms. The minimum atomic E-state index is -0.384. The van der Waals surface area contributed by atoms with Crippen molar-refractivity contribution < 1.29 is 19.1 Å². The van der Waals surface area contributed by atoms with Crippen molar-refractivity contribution in [3.05, 3.63) is 64.2 Å². The van der Waals surface area contributed by atoms with Crippen LogP contribution in [0.25, 0.3) is 0 Å². The zero-order valence-corrected chi connectivity index (χ0v) is 22.5. The van der Waals surface area contributed by atoms with Crippen LogP contribution in [0.1, 0.15) is 84.6 Å². The second-order valence-corrected chi connectivity index (χ2v) is 11.4. The van der Waals surface area contributed by atoms with Crippen molar-refractivity contribution in [1.82, 2.24) is 10.6 Å². The van der Waals surface area contributed by atoms with Crippen molar-refractivity contribution in [3.8, 4) is 5.75 Å². The number of nitrogens with zero attached hydrogens (tertiary/aromatic N) is 1. The average Bonchev–Trinajstić information content (AvgIpc) is 3.28. The molecule has 2 aromatic carbocycles. The molecule has 1 aliphatic carbocycles. The fraction of sp³-hybridized carbons (Fsp3) is 0.500. The molecule has 4 N–H and O–H groups in total. The molecule has 8 nitrogen and oxygen atoms in total. The zero-order valence-electron chi connectivity index (χ0n) is 22.5. The van der Waals surface area contributed by atoms with E-state index in [1.165, 1.54) is 16.7 Å². The number of nitrogens with two attached hydrogens (primary N) is 1. The molecule has 202 valence electrons. The van der Waals surface area contributed by atoms with Gasteiger partial charge in [-0.1, -0.05) is 24.6 Å². The highest BCUT2D eigenvalue weighted by molar-refractivity contribution is 5.98. The van der Waals surface area contributed by atoms with Gasteiger partial charge in [0.25, 0.3) is 5.91 Å². The molecule has 0 saturated heterocycles. The van der Waals surface area contributed by atoms with E-state index in [0.29, 0.717) is 18.4 Å². The standard InChI is InChI=1S/C30H38N4O4/c1-30(2)17-25(33-28(36)20-10-9-19-14-23(37-3)15-21(19)13-20)24-12-18(8-11-26(24)38-30)6-4-5-7-22-16-27(35)34-29(31)32-22/h8-13,22-23,25H,4-7,14-17H2,1-3H3,(H,33,36)(H3,31,32,34,35). The molecule has 0 saturated carbocycles. The number of guanidine groups is 1. The molecular weight excluding hydrogens is 480 g/mol. The summed E-state index contributed by atoms with van der Waals surface area (Å²) in [5, 5.41) is 5.84. The first-order valence-corrected chi connectivity index (χ1v) is 13.6. The van der Waals surface area contributed by atoms with Crippen molar-refractivity contribution >= 4 is 17.8 Å². The van der Waals surface area contributed by atoms with Gasteiger partial charge in [-0.15, -0.1) is 0 Å². The predicted octanol–water partition coefficient (Wildman–Crippen LogP) is 3.75. The number of hydrogen-bond acceptors (Lipinski definition) is 6. The molecule has 2 heterocycles. The van der Waals surface area contributed by atoms with Gasteiger partial charge >= 0.3 is 0 Å². The van der Waals surface area contributed by atoms with Gasteiger partial charge in [0.1, 0.15) is 11.4 Å². The number of aryl methyl sites for hydroxylation is 1. The molecule has 5 rings (SSSR count). The summed E-state index contributed by atoms with van der Waals surface area (Å²) in [4.78, 5) is 29.4. The van der Waals surface area contributed by atoms with Crippen molar-refractivity contribution in [1.29, 1.82) is 0 Å². The number of ether oxygens (including phenoxy) is 2. The van der Waals surface area contributed by atoms with E-state index >= 15 is 0 Å². The van der Waals surface area contributed by atoms with Crippen LogP contribution in [0.4, 0.5) is 0 Å². The highest BCUT2D eigenvalue weighted by Crippen LogP contribution is 2.40. The summed E-state index contributed by atoms with van der Waals surface area (Å²) in [5.74, 6) is 0.914. The Morgan fingerprint density at radius 2 is 1.97 bits per heavy atom. The van der Waals surface area contributed by atoms with Crippen molar-refractivity contribution in [2.24, 2.45) is 10.7 Å². The van der Waals surface area contributed by atoms with Gasteiger partial charge in [-0.2, -0.15) is 0 Å². The summed E-state index contributed by atoms with van der Waals surface area (Å²) in [5.41, 5.74) is 10.7. The third-order valence-corrected chi connectivity index (χ3v) is 7.80. The Morgan fingerprint density at radius 1 is 1.16 bits per heavy atom. The van der Waals surface area contributed by atoms with Crippen molar-refractivity contribution in [2.75, 3.05) is 7.11 Å². The third kappa shape index (κ3) is 6.01. The highest BCUT2D eigenvalue weighted by Gasteiger charge is 2.35. The number of methoxy groups -OCH3 is 1. The lowest BCUT2D eigenvalue weighted by atomic mass is 9.88. The summed E-state index contributed by atoms with van der Waals surface area (Å²) in [6, 6.07) is 12.1. The van der Waals surface area contributed by atoms with Crippen LogP contribution in [-0.2, 0) is 28.8 Å². The summed E-state index contributed by atoms with van der Waals surface area (Å²) < 4.78 is 11.8. The van der Waals surface area contributed by atoms with Crippen LogP contribution in [0.5, 0.6) is 5.75 Å². The molecule has 2 aromatic rings. The predicted molar refractivity (Wildman–Crippen MR) is 146 cm³/mol. The fourth-order valence-corrected chi connectivity index (χ4v) is 5.87. The van der Waals surface area contributed by atoms with E-state index in [1.54, 1.807) is 7.11 Å².